The van der Waals surface area contributed by atoms with Crippen molar-refractivity contribution in [2.24, 2.45) is 0 Å². The van der Waals surface area contributed by atoms with Gasteiger partial charge in [-0.15, -0.1) is 24.5 Å². The lowest BCUT2D eigenvalue weighted by Crippen LogP contribution is -2.31. The van der Waals surface area contributed by atoms with E-state index in [4.69, 9.17) is 4.74 Å². The van der Waals surface area contributed by atoms with Gasteiger partial charge in [0.15, 0.2) is 11.7 Å². The minimum absolute atomic E-state index is 0.254. The van der Waals surface area contributed by atoms with Crippen molar-refractivity contribution in [1.82, 2.24) is 4.98 Å². The summed E-state index contributed by atoms with van der Waals surface area (Å²) < 4.78 is 45.0. The SMILES string of the molecule is CN(C(=O)COc1ccc(OC(F)(F)F)cc1)c1nccs1. The summed E-state index contributed by atoms with van der Waals surface area (Å²) >= 11 is 1.30. The maximum absolute atomic E-state index is 12.0. The van der Waals surface area contributed by atoms with Crippen molar-refractivity contribution in [2.75, 3.05) is 18.6 Å². The van der Waals surface area contributed by atoms with Gasteiger partial charge < -0.3 is 9.47 Å². The molecule has 0 aliphatic rings. The van der Waals surface area contributed by atoms with Gasteiger partial charge in [-0.3, -0.25) is 9.69 Å². The Morgan fingerprint density at radius 1 is 1.27 bits per heavy atom. The molecule has 0 N–H and O–H groups in total. The van der Waals surface area contributed by atoms with Crippen LogP contribution in [-0.2, 0) is 4.79 Å². The number of aromatic nitrogens is 1. The van der Waals surface area contributed by atoms with Gasteiger partial charge in [0.25, 0.3) is 5.91 Å². The molecule has 1 aromatic heterocycles. The number of amides is 1. The minimum atomic E-state index is -4.74. The van der Waals surface area contributed by atoms with E-state index in [1.807, 2.05) is 0 Å². The van der Waals surface area contributed by atoms with Crippen LogP contribution in [0.4, 0.5) is 18.3 Å². The van der Waals surface area contributed by atoms with Crippen molar-refractivity contribution in [2.45, 2.75) is 6.36 Å². The summed E-state index contributed by atoms with van der Waals surface area (Å²) in [6.45, 7) is -0.254. The van der Waals surface area contributed by atoms with Gasteiger partial charge in [0.1, 0.15) is 11.5 Å². The fourth-order valence-corrected chi connectivity index (χ4v) is 2.09. The van der Waals surface area contributed by atoms with Crippen molar-refractivity contribution < 1.29 is 27.4 Å². The zero-order chi connectivity index (χ0) is 16.2. The molecule has 0 unspecified atom stereocenters. The minimum Gasteiger partial charge on any atom is -0.484 e. The molecular weight excluding hydrogens is 321 g/mol. The molecular formula is C13H11F3N2O3S. The number of carbonyl (C=O) groups is 1. The predicted molar refractivity (Wildman–Crippen MR) is 74.1 cm³/mol. The molecule has 0 saturated heterocycles. The largest absolute Gasteiger partial charge is 0.573 e. The second-order valence-electron chi connectivity index (χ2n) is 4.08. The second-order valence-corrected chi connectivity index (χ2v) is 4.95. The first kappa shape index (κ1) is 16.1. The molecule has 9 heteroatoms. The van der Waals surface area contributed by atoms with E-state index in [-0.39, 0.29) is 24.0 Å². The number of benzene rings is 1. The Balaban J connectivity index is 1.88. The van der Waals surface area contributed by atoms with Gasteiger partial charge in [-0.2, -0.15) is 0 Å². The number of alkyl halides is 3. The molecule has 22 heavy (non-hydrogen) atoms. The molecule has 0 bridgehead atoms. The van der Waals surface area contributed by atoms with Gasteiger partial charge in [-0.1, -0.05) is 0 Å². The average Bonchev–Trinajstić information content (AvgIpc) is 2.98. The van der Waals surface area contributed by atoms with E-state index in [0.29, 0.717) is 5.13 Å². The van der Waals surface area contributed by atoms with Crippen LogP contribution in [0.5, 0.6) is 11.5 Å². The first-order chi connectivity index (χ1) is 10.3. The van der Waals surface area contributed by atoms with Crippen molar-refractivity contribution in [1.29, 1.82) is 0 Å². The summed E-state index contributed by atoms with van der Waals surface area (Å²) in [6.07, 6.45) is -3.17. The number of carbonyl (C=O) groups excluding carboxylic acids is 1. The lowest BCUT2D eigenvalue weighted by molar-refractivity contribution is -0.274. The first-order valence-corrected chi connectivity index (χ1v) is 6.88. The van der Waals surface area contributed by atoms with Crippen LogP contribution in [-0.4, -0.2) is 30.9 Å². The summed E-state index contributed by atoms with van der Waals surface area (Å²) in [5.41, 5.74) is 0. The summed E-state index contributed by atoms with van der Waals surface area (Å²) in [5.74, 6) is -0.424. The quantitative estimate of drug-likeness (QED) is 0.844. The van der Waals surface area contributed by atoms with E-state index in [1.165, 1.54) is 28.4 Å². The van der Waals surface area contributed by atoms with E-state index in [1.54, 1.807) is 18.6 Å². The third kappa shape index (κ3) is 4.62. The molecule has 1 aromatic carbocycles. The number of hydrogen-bond acceptors (Lipinski definition) is 5. The number of hydrogen-bond donors (Lipinski definition) is 0. The van der Waals surface area contributed by atoms with Gasteiger partial charge in [0.2, 0.25) is 0 Å². The van der Waals surface area contributed by atoms with Crippen molar-refractivity contribution in [3.63, 3.8) is 0 Å². The number of nitrogens with zero attached hydrogens (tertiary/aromatic N) is 2. The van der Waals surface area contributed by atoms with Crippen molar-refractivity contribution in [3.05, 3.63) is 35.8 Å². The number of thiazole rings is 1. The Morgan fingerprint density at radius 3 is 2.45 bits per heavy atom. The van der Waals surface area contributed by atoms with Crippen LogP contribution in [0.25, 0.3) is 0 Å². The maximum atomic E-state index is 12.0. The van der Waals surface area contributed by atoms with Crippen LogP contribution in [0, 0.1) is 0 Å². The topological polar surface area (TPSA) is 51.7 Å². The van der Waals surface area contributed by atoms with Crippen LogP contribution < -0.4 is 14.4 Å². The third-order valence-electron chi connectivity index (χ3n) is 2.50. The van der Waals surface area contributed by atoms with Crippen LogP contribution in [0.15, 0.2) is 35.8 Å². The first-order valence-electron chi connectivity index (χ1n) is 6.00. The fourth-order valence-electron chi connectivity index (χ4n) is 1.47. The lowest BCUT2D eigenvalue weighted by Gasteiger charge is -2.14. The Kier molecular flexibility index (Phi) is 4.86. The molecule has 1 heterocycles. The van der Waals surface area contributed by atoms with Crippen LogP contribution in [0.3, 0.4) is 0 Å². The Bertz CT molecular complexity index is 614. The fraction of sp³-hybridized carbons (Fsp3) is 0.231. The standard InChI is InChI=1S/C13H11F3N2O3S/c1-18(12-17-6-7-22-12)11(19)8-20-9-2-4-10(5-3-9)21-13(14,15)16/h2-7H,8H2,1H3. The highest BCUT2D eigenvalue weighted by Gasteiger charge is 2.31. The maximum Gasteiger partial charge on any atom is 0.573 e. The molecule has 0 aliphatic carbocycles. The van der Waals surface area contributed by atoms with E-state index >= 15 is 0 Å². The number of rotatable bonds is 5. The van der Waals surface area contributed by atoms with Gasteiger partial charge >= 0.3 is 6.36 Å². The van der Waals surface area contributed by atoms with Gasteiger partial charge in [0.05, 0.1) is 0 Å². The van der Waals surface area contributed by atoms with Crippen LogP contribution >= 0.6 is 11.3 Å². The number of likely N-dealkylation sites (N-methyl/N-ethyl adjacent to an activating group) is 1. The van der Waals surface area contributed by atoms with E-state index in [9.17, 15) is 18.0 Å². The molecule has 0 radical (unpaired) electrons. The molecule has 118 valence electrons. The number of halogens is 3. The molecule has 0 fully saturated rings. The molecule has 0 atom stereocenters. The third-order valence-corrected chi connectivity index (χ3v) is 3.35. The number of ether oxygens (including phenoxy) is 2. The summed E-state index contributed by atoms with van der Waals surface area (Å²) in [4.78, 5) is 17.2. The smallest absolute Gasteiger partial charge is 0.484 e. The normalized spacial score (nSPS) is 11.1. The van der Waals surface area contributed by atoms with Gasteiger partial charge in [-0.25, -0.2) is 4.98 Å². The molecule has 5 nitrogen and oxygen atoms in total. The highest BCUT2D eigenvalue weighted by Crippen LogP contribution is 2.24. The zero-order valence-corrected chi connectivity index (χ0v) is 12.1. The van der Waals surface area contributed by atoms with Crippen LogP contribution in [0.1, 0.15) is 0 Å². The lowest BCUT2D eigenvalue weighted by atomic mass is 10.3. The van der Waals surface area contributed by atoms with E-state index in [0.717, 1.165) is 12.1 Å². The number of anilines is 1. The van der Waals surface area contributed by atoms with Crippen molar-refractivity contribution >= 4 is 22.4 Å². The summed E-state index contributed by atoms with van der Waals surface area (Å²) in [7, 11) is 1.56. The van der Waals surface area contributed by atoms with Crippen LogP contribution in [0.2, 0.25) is 0 Å². The van der Waals surface area contributed by atoms with E-state index in [2.05, 4.69) is 9.72 Å². The molecule has 1 amide bonds. The Morgan fingerprint density at radius 2 is 1.91 bits per heavy atom. The highest BCUT2D eigenvalue weighted by molar-refractivity contribution is 7.13. The average molecular weight is 332 g/mol. The summed E-state index contributed by atoms with van der Waals surface area (Å²) in [5, 5.41) is 2.27. The monoisotopic (exact) mass is 332 g/mol. The molecule has 2 aromatic rings. The Hall–Kier alpha value is -2.29. The van der Waals surface area contributed by atoms with Gasteiger partial charge in [-0.05, 0) is 24.3 Å². The molecule has 2 rings (SSSR count). The summed E-state index contributed by atoms with van der Waals surface area (Å²) in [6, 6.07) is 4.80. The molecule has 0 saturated carbocycles. The molecule has 0 spiro atoms. The highest BCUT2D eigenvalue weighted by atomic mass is 32.1. The predicted octanol–water partition coefficient (Wildman–Crippen LogP) is 3.08. The Labute approximate surface area is 127 Å². The van der Waals surface area contributed by atoms with Gasteiger partial charge in [0, 0.05) is 18.6 Å². The van der Waals surface area contributed by atoms with Crippen molar-refractivity contribution in [3.8, 4) is 11.5 Å². The zero-order valence-electron chi connectivity index (χ0n) is 11.3. The molecule has 0 aliphatic heterocycles. The van der Waals surface area contributed by atoms with E-state index < -0.39 is 6.36 Å². The second kappa shape index (κ2) is 6.65.